The summed E-state index contributed by atoms with van der Waals surface area (Å²) in [6.07, 6.45) is -1.53. The van der Waals surface area contributed by atoms with Crippen LogP contribution in [-0.2, 0) is 9.53 Å². The van der Waals surface area contributed by atoms with Crippen molar-refractivity contribution in [3.8, 4) is 0 Å². The third kappa shape index (κ3) is 2.72. The van der Waals surface area contributed by atoms with Gasteiger partial charge in [-0.25, -0.2) is 9.18 Å². The lowest BCUT2D eigenvalue weighted by atomic mass is 10.1. The summed E-state index contributed by atoms with van der Waals surface area (Å²) in [5, 5.41) is 9.51. The number of aliphatic hydroxyl groups is 1. The van der Waals surface area contributed by atoms with Crippen LogP contribution in [0.5, 0.6) is 0 Å². The number of rotatable bonds is 3. The molecule has 16 heavy (non-hydrogen) atoms. The molecule has 0 aliphatic heterocycles. The first-order valence-corrected chi connectivity index (χ1v) is 5.64. The molecular weight excluding hydrogens is 302 g/mol. The van der Waals surface area contributed by atoms with Crippen molar-refractivity contribution in [2.75, 3.05) is 6.61 Å². The summed E-state index contributed by atoms with van der Waals surface area (Å²) in [6, 6.07) is 2.62. The second kappa shape index (κ2) is 5.61. The Kier molecular flexibility index (Phi) is 4.70. The van der Waals surface area contributed by atoms with Gasteiger partial charge in [0.1, 0.15) is 0 Å². The Bertz CT molecular complexity index is 411. The normalized spacial score (nSPS) is 12.3. The molecule has 88 valence electrons. The van der Waals surface area contributed by atoms with E-state index in [9.17, 15) is 14.3 Å². The molecule has 1 aromatic carbocycles. The smallest absolute Gasteiger partial charge is 0.339 e. The zero-order valence-corrected chi connectivity index (χ0v) is 10.7. The number of hydrogen-bond donors (Lipinski definition) is 1. The molecule has 0 bridgehead atoms. The number of hydrogen-bond acceptors (Lipinski definition) is 3. The molecule has 0 fully saturated rings. The Hall–Kier alpha value is -0.650. The largest absolute Gasteiger partial charge is 0.464 e. The van der Waals surface area contributed by atoms with Crippen LogP contribution >= 0.6 is 27.5 Å². The number of ether oxygens (including phenoxy) is 1. The van der Waals surface area contributed by atoms with Crippen molar-refractivity contribution in [3.63, 3.8) is 0 Å². The highest BCUT2D eigenvalue weighted by Crippen LogP contribution is 2.31. The lowest BCUT2D eigenvalue weighted by Gasteiger charge is -2.12. The quantitative estimate of drug-likeness (QED) is 0.690. The first-order chi connectivity index (χ1) is 7.49. The number of carbonyl (C=O) groups excluding carboxylic acids is 1. The van der Waals surface area contributed by atoms with E-state index in [-0.39, 0.29) is 21.7 Å². The van der Waals surface area contributed by atoms with Crippen LogP contribution in [-0.4, -0.2) is 17.7 Å². The minimum atomic E-state index is -1.53. The average Bonchev–Trinajstić information content (AvgIpc) is 2.26. The van der Waals surface area contributed by atoms with Gasteiger partial charge in [-0.3, -0.25) is 0 Å². The highest BCUT2D eigenvalue weighted by Gasteiger charge is 2.23. The second-order valence-electron chi connectivity index (χ2n) is 2.92. The van der Waals surface area contributed by atoms with E-state index in [1.54, 1.807) is 6.92 Å². The molecule has 0 aliphatic carbocycles. The van der Waals surface area contributed by atoms with Crippen molar-refractivity contribution < 1.29 is 19.0 Å². The SMILES string of the molecule is CCOC(=O)C(O)c1ccc(Cl)c(F)c1Br. The zero-order valence-electron chi connectivity index (χ0n) is 8.34. The summed E-state index contributed by atoms with van der Waals surface area (Å²) in [4.78, 5) is 11.2. The molecule has 1 unspecified atom stereocenters. The minimum absolute atomic E-state index is 0.0412. The van der Waals surface area contributed by atoms with Crippen LogP contribution in [0.15, 0.2) is 16.6 Å². The highest BCUT2D eigenvalue weighted by atomic mass is 79.9. The van der Waals surface area contributed by atoms with Gasteiger partial charge >= 0.3 is 5.97 Å². The molecule has 0 heterocycles. The summed E-state index contributed by atoms with van der Waals surface area (Å²) >= 11 is 8.45. The Morgan fingerprint density at radius 1 is 1.69 bits per heavy atom. The van der Waals surface area contributed by atoms with Gasteiger partial charge in [0.25, 0.3) is 0 Å². The standard InChI is InChI=1S/C10H9BrClFO3/c1-2-16-10(15)9(14)5-3-4-6(12)8(13)7(5)11/h3-4,9,14H,2H2,1H3. The van der Waals surface area contributed by atoms with Crippen molar-refractivity contribution in [1.29, 1.82) is 0 Å². The van der Waals surface area contributed by atoms with E-state index in [4.69, 9.17) is 11.6 Å². The number of carbonyl (C=O) groups is 1. The first kappa shape index (κ1) is 13.4. The molecule has 0 saturated heterocycles. The van der Waals surface area contributed by atoms with Crippen LogP contribution in [0.25, 0.3) is 0 Å². The van der Waals surface area contributed by atoms with E-state index in [0.717, 1.165) is 0 Å². The van der Waals surface area contributed by atoms with E-state index < -0.39 is 17.9 Å². The molecular formula is C10H9BrClFO3. The van der Waals surface area contributed by atoms with Crippen LogP contribution in [0.4, 0.5) is 4.39 Å². The van der Waals surface area contributed by atoms with E-state index in [1.807, 2.05) is 0 Å². The maximum Gasteiger partial charge on any atom is 0.339 e. The highest BCUT2D eigenvalue weighted by molar-refractivity contribution is 9.10. The number of benzene rings is 1. The van der Waals surface area contributed by atoms with Gasteiger partial charge < -0.3 is 9.84 Å². The molecule has 1 rings (SSSR count). The van der Waals surface area contributed by atoms with Gasteiger partial charge in [0.05, 0.1) is 16.1 Å². The predicted octanol–water partition coefficient (Wildman–Crippen LogP) is 2.84. The van der Waals surface area contributed by atoms with Crippen LogP contribution in [0.2, 0.25) is 5.02 Å². The Balaban J connectivity index is 3.05. The fraction of sp³-hybridized carbons (Fsp3) is 0.300. The summed E-state index contributed by atoms with van der Waals surface area (Å²) in [7, 11) is 0. The van der Waals surface area contributed by atoms with E-state index in [1.165, 1.54) is 12.1 Å². The fourth-order valence-corrected chi connectivity index (χ4v) is 1.93. The van der Waals surface area contributed by atoms with Gasteiger partial charge in [-0.05, 0) is 28.9 Å². The molecule has 0 aliphatic rings. The van der Waals surface area contributed by atoms with Crippen LogP contribution < -0.4 is 0 Å². The summed E-state index contributed by atoms with van der Waals surface area (Å²) in [5.41, 5.74) is 0.0837. The van der Waals surface area contributed by atoms with Crippen molar-refractivity contribution in [3.05, 3.63) is 33.0 Å². The Morgan fingerprint density at radius 2 is 2.31 bits per heavy atom. The van der Waals surface area contributed by atoms with E-state index in [2.05, 4.69) is 20.7 Å². The Labute approximate surface area is 105 Å². The van der Waals surface area contributed by atoms with Gasteiger partial charge in [-0.15, -0.1) is 0 Å². The van der Waals surface area contributed by atoms with Gasteiger partial charge in [0.2, 0.25) is 0 Å². The van der Waals surface area contributed by atoms with Gasteiger partial charge in [0.15, 0.2) is 11.9 Å². The maximum absolute atomic E-state index is 13.4. The number of halogens is 3. The van der Waals surface area contributed by atoms with Crippen molar-refractivity contribution >= 4 is 33.5 Å². The summed E-state index contributed by atoms with van der Waals surface area (Å²) in [5.74, 6) is -1.55. The molecule has 0 radical (unpaired) electrons. The molecule has 1 aromatic rings. The lowest BCUT2D eigenvalue weighted by molar-refractivity contribution is -0.153. The molecule has 6 heteroatoms. The average molecular weight is 312 g/mol. The van der Waals surface area contributed by atoms with Crippen LogP contribution in [0.1, 0.15) is 18.6 Å². The zero-order chi connectivity index (χ0) is 12.3. The predicted molar refractivity (Wildman–Crippen MR) is 60.7 cm³/mol. The van der Waals surface area contributed by atoms with Gasteiger partial charge in [-0.2, -0.15) is 0 Å². The summed E-state index contributed by atoms with van der Waals surface area (Å²) < 4.78 is 17.9. The van der Waals surface area contributed by atoms with E-state index >= 15 is 0 Å². The van der Waals surface area contributed by atoms with Crippen molar-refractivity contribution in [2.24, 2.45) is 0 Å². The summed E-state index contributed by atoms with van der Waals surface area (Å²) in [6.45, 7) is 1.76. The third-order valence-corrected chi connectivity index (χ3v) is 2.97. The number of aliphatic hydroxyl groups excluding tert-OH is 1. The van der Waals surface area contributed by atoms with Gasteiger partial charge in [-0.1, -0.05) is 17.7 Å². The lowest BCUT2D eigenvalue weighted by Crippen LogP contribution is -2.16. The van der Waals surface area contributed by atoms with Crippen molar-refractivity contribution in [2.45, 2.75) is 13.0 Å². The van der Waals surface area contributed by atoms with Gasteiger partial charge in [0, 0.05) is 5.56 Å². The monoisotopic (exact) mass is 310 g/mol. The Morgan fingerprint density at radius 3 is 2.88 bits per heavy atom. The minimum Gasteiger partial charge on any atom is -0.464 e. The third-order valence-electron chi connectivity index (χ3n) is 1.87. The molecule has 3 nitrogen and oxygen atoms in total. The topological polar surface area (TPSA) is 46.5 Å². The van der Waals surface area contributed by atoms with Crippen molar-refractivity contribution in [1.82, 2.24) is 0 Å². The van der Waals surface area contributed by atoms with Crippen LogP contribution in [0.3, 0.4) is 0 Å². The molecule has 0 spiro atoms. The second-order valence-corrected chi connectivity index (χ2v) is 4.12. The molecule has 0 saturated carbocycles. The van der Waals surface area contributed by atoms with Crippen LogP contribution in [0, 0.1) is 5.82 Å². The molecule has 0 amide bonds. The van der Waals surface area contributed by atoms with E-state index in [0.29, 0.717) is 0 Å². The molecule has 1 atom stereocenters. The molecule has 1 N–H and O–H groups in total. The number of esters is 1. The first-order valence-electron chi connectivity index (χ1n) is 4.47. The fourth-order valence-electron chi connectivity index (χ4n) is 1.10. The maximum atomic E-state index is 13.4. The molecule has 0 aromatic heterocycles.